The molecule has 0 bridgehead atoms. The first-order valence-electron chi connectivity index (χ1n) is 2.39. The lowest BCUT2D eigenvalue weighted by atomic mass is 13.8. The Kier molecular flexibility index (Phi) is 4.03. The van der Waals surface area contributed by atoms with Crippen LogP contribution in [0.2, 0.25) is 0 Å². The van der Waals surface area contributed by atoms with Crippen molar-refractivity contribution >= 4 is 78.7 Å². The minimum absolute atomic E-state index is 2.04. The zero-order valence-electron chi connectivity index (χ0n) is 5.35. The lowest BCUT2D eigenvalue weighted by Gasteiger charge is -2.20. The molecule has 0 aromatic rings. The molecule has 1 rings (SSSR count). The Labute approximate surface area is 102 Å². The van der Waals surface area contributed by atoms with Crippen molar-refractivity contribution in [2.75, 3.05) is 0 Å². The zero-order valence-corrected chi connectivity index (χ0v) is 14.4. The summed E-state index contributed by atoms with van der Waals surface area (Å²) in [5.74, 6) is 0. The van der Waals surface area contributed by atoms with Crippen LogP contribution in [0.25, 0.3) is 0 Å². The predicted octanol–water partition coefficient (Wildman–Crippen LogP) is 5.34. The van der Waals surface area contributed by atoms with Crippen LogP contribution in [0.5, 0.6) is 0 Å². The largest absolute Gasteiger partial charge is 0.267 e. The predicted molar refractivity (Wildman–Crippen MR) is 72.1 cm³/mol. The van der Waals surface area contributed by atoms with Gasteiger partial charge in [-0.1, -0.05) is 0 Å². The molecule has 12 heavy (non-hydrogen) atoms. The summed E-state index contributed by atoms with van der Waals surface area (Å²) in [7, 11) is -2.51. The summed E-state index contributed by atoms with van der Waals surface area (Å²) in [6, 6.07) is 0. The number of rotatable bonds is 0. The second-order valence-corrected chi connectivity index (χ2v) is 24.8. The fourth-order valence-electron chi connectivity index (χ4n) is 0.528. The quantitative estimate of drug-likeness (QED) is 0.453. The Hall–Kier alpha value is 2.53. The summed E-state index contributed by atoms with van der Waals surface area (Å²) in [4.78, 5) is 0. The highest BCUT2D eigenvalue weighted by Crippen LogP contribution is 2.85. The summed E-state index contributed by atoms with van der Waals surface area (Å²) in [6.07, 6.45) is 0. The van der Waals surface area contributed by atoms with Crippen LogP contribution < -0.4 is 11.0 Å². The van der Waals surface area contributed by atoms with E-state index in [0.29, 0.717) is 0 Å². The average molecular weight is 487 g/mol. The van der Waals surface area contributed by atoms with E-state index in [4.69, 9.17) is 11.0 Å². The molecule has 1 aliphatic heterocycles. The Morgan fingerprint density at radius 2 is 1.17 bits per heavy atom. The highest BCUT2D eigenvalue weighted by atomic mass is 79.9. The monoisotopic (exact) mass is 483 g/mol. The van der Waals surface area contributed by atoms with Crippen molar-refractivity contribution in [2.45, 2.75) is 0 Å². The van der Waals surface area contributed by atoms with Gasteiger partial charge < -0.3 is 0 Å². The topological polar surface area (TPSA) is 89.1 Å². The maximum Gasteiger partial charge on any atom is 0.209 e. The van der Waals surface area contributed by atoms with Gasteiger partial charge in [-0.3, -0.25) is 11.0 Å². The van der Waals surface area contributed by atoms with E-state index in [-0.39, 0.29) is 0 Å². The fourth-order valence-corrected chi connectivity index (χ4v) is 28.1. The van der Waals surface area contributed by atoms with Gasteiger partial charge in [0.2, 0.25) is 16.7 Å². The van der Waals surface area contributed by atoms with Crippen LogP contribution in [0.15, 0.2) is 13.5 Å². The third-order valence-corrected chi connectivity index (χ3v) is 16.7. The lowest BCUT2D eigenvalue weighted by Crippen LogP contribution is -2.01. The number of nitrogens with zero attached hydrogens (tertiary/aromatic N) is 3. The minimum atomic E-state index is -2.51. The van der Waals surface area contributed by atoms with Gasteiger partial charge in [0, 0.05) is 0 Å². The zero-order chi connectivity index (χ0) is 9.62. The van der Waals surface area contributed by atoms with Crippen LogP contribution in [0, 0.1) is 0 Å². The second-order valence-electron chi connectivity index (χ2n) is 1.88. The molecule has 72 valence electrons. The lowest BCUT2D eigenvalue weighted by molar-refractivity contribution is 1.59. The van der Waals surface area contributed by atoms with E-state index >= 15 is 0 Å². The van der Waals surface area contributed by atoms with E-state index in [1.807, 2.05) is 0 Å². The molecular formula is H4Br4N5P3. The van der Waals surface area contributed by atoms with Gasteiger partial charge in [0.1, 0.15) is 0 Å². The molecule has 0 aromatic heterocycles. The standard InChI is InChI=1S/Br4H4N5P3/c1-10(2)7-11(3,4)9-12(5,6)8-10/h5-6H2. The molecule has 0 atom stereocenters. The first-order valence-corrected chi connectivity index (χ1v) is 15.7. The van der Waals surface area contributed by atoms with Crippen LogP contribution in [-0.4, -0.2) is 0 Å². The molecule has 0 aliphatic carbocycles. The van der Waals surface area contributed by atoms with Crippen molar-refractivity contribution in [3.8, 4) is 0 Å². The van der Waals surface area contributed by atoms with Crippen molar-refractivity contribution in [3.63, 3.8) is 0 Å². The van der Waals surface area contributed by atoms with E-state index in [0.717, 1.165) is 0 Å². The van der Waals surface area contributed by atoms with Crippen LogP contribution in [0.3, 0.4) is 0 Å². The summed E-state index contributed by atoms with van der Waals surface area (Å²) < 4.78 is 8.35. The normalized spacial score (nSPS) is 29.5. The number of halogens is 4. The van der Waals surface area contributed by atoms with Gasteiger partial charge in [0.15, 0.2) is 0 Å². The van der Waals surface area contributed by atoms with E-state index in [2.05, 4.69) is 75.5 Å². The van der Waals surface area contributed by atoms with Crippen molar-refractivity contribution in [2.24, 2.45) is 24.6 Å². The van der Waals surface area contributed by atoms with Gasteiger partial charge in [-0.2, -0.15) is 13.5 Å². The fraction of sp³-hybridized carbons (Fsp3) is 0. The summed E-state index contributed by atoms with van der Waals surface area (Å²) in [5, 5.41) is 0. The van der Waals surface area contributed by atoms with Gasteiger partial charge in [-0.15, -0.1) is 0 Å². The van der Waals surface area contributed by atoms with Crippen LogP contribution in [0.1, 0.15) is 0 Å². The van der Waals surface area contributed by atoms with E-state index in [1.165, 1.54) is 0 Å². The van der Waals surface area contributed by atoms with Gasteiger partial charge in [0.25, 0.3) is 0 Å². The summed E-state index contributed by atoms with van der Waals surface area (Å²) >= 11 is 13.3. The maximum atomic E-state index is 5.66. The molecule has 1 heterocycles. The minimum Gasteiger partial charge on any atom is -0.267 e. The van der Waals surface area contributed by atoms with Crippen molar-refractivity contribution in [1.29, 1.82) is 0 Å². The second kappa shape index (κ2) is 3.84. The van der Waals surface area contributed by atoms with Gasteiger partial charge in [-0.25, -0.2) is 0 Å². The molecule has 4 N–H and O–H groups in total. The molecule has 1 aliphatic rings. The number of hydrogen-bond donors (Lipinski definition) is 2. The number of nitrogens with two attached hydrogens (primary N) is 2. The van der Waals surface area contributed by atoms with Crippen molar-refractivity contribution in [1.82, 2.24) is 0 Å². The Bertz CT molecular complexity index is 275. The van der Waals surface area contributed by atoms with Crippen LogP contribution in [0.4, 0.5) is 0 Å². The van der Waals surface area contributed by atoms with Crippen molar-refractivity contribution in [3.05, 3.63) is 0 Å². The Morgan fingerprint density at radius 1 is 0.750 bits per heavy atom. The molecule has 0 fully saturated rings. The SMILES string of the molecule is NP1(N)=NP(Br)(Br)=NP(Br)(Br)=N1. The molecule has 12 heteroatoms. The van der Waals surface area contributed by atoms with E-state index in [1.54, 1.807) is 0 Å². The molecule has 0 aromatic carbocycles. The van der Waals surface area contributed by atoms with Gasteiger partial charge in [-0.05, 0) is 62.0 Å². The molecule has 0 spiro atoms. The van der Waals surface area contributed by atoms with Crippen LogP contribution >= 0.6 is 78.7 Å². The molecule has 0 saturated carbocycles. The molecular weight excluding hydrogens is 483 g/mol. The molecule has 0 unspecified atom stereocenters. The number of hydrogen-bond acceptors (Lipinski definition) is 5. The Balaban J connectivity index is 3.46. The molecule has 0 saturated heterocycles. The summed E-state index contributed by atoms with van der Waals surface area (Å²) in [5.41, 5.74) is 11.3. The molecule has 5 nitrogen and oxygen atoms in total. The summed E-state index contributed by atoms with van der Waals surface area (Å²) in [6.45, 7) is 0. The smallest absolute Gasteiger partial charge is 0.209 e. The maximum absolute atomic E-state index is 5.66. The van der Waals surface area contributed by atoms with Crippen molar-refractivity contribution < 1.29 is 0 Å². The van der Waals surface area contributed by atoms with E-state index < -0.39 is 16.7 Å². The first-order chi connectivity index (χ1) is 5.12. The van der Waals surface area contributed by atoms with E-state index in [9.17, 15) is 0 Å². The molecule has 0 amide bonds. The third-order valence-electron chi connectivity index (χ3n) is 0.717. The Morgan fingerprint density at radius 3 is 1.50 bits per heavy atom. The highest BCUT2D eigenvalue weighted by Gasteiger charge is 2.26. The highest BCUT2D eigenvalue weighted by molar-refractivity contribution is 9.73. The van der Waals surface area contributed by atoms with Crippen LogP contribution in [-0.2, 0) is 0 Å². The molecule has 0 radical (unpaired) electrons. The third kappa shape index (κ3) is 3.95. The first kappa shape index (κ1) is 12.6. The average Bonchev–Trinajstić information content (AvgIpc) is 1.44. The van der Waals surface area contributed by atoms with Gasteiger partial charge >= 0.3 is 0 Å². The van der Waals surface area contributed by atoms with Gasteiger partial charge in [0.05, 0.1) is 0 Å².